The van der Waals surface area contributed by atoms with Gasteiger partial charge < -0.3 is 10.8 Å². The van der Waals surface area contributed by atoms with Gasteiger partial charge in [-0.3, -0.25) is 4.79 Å². The molecule has 0 aromatic carbocycles. The minimum absolute atomic E-state index is 0.414. The average Bonchev–Trinajstić information content (AvgIpc) is 1.99. The fraction of sp³-hybridized carbons (Fsp3) is 0.917. The maximum Gasteiger partial charge on any atom is 0.323 e. The van der Waals surface area contributed by atoms with E-state index in [1.807, 2.05) is 0 Å². The van der Waals surface area contributed by atoms with E-state index < -0.39 is 11.5 Å². The summed E-state index contributed by atoms with van der Waals surface area (Å²) in [5.41, 5.74) is 4.66. The van der Waals surface area contributed by atoms with E-state index in [1.54, 1.807) is 6.92 Å². The second-order valence-corrected chi connectivity index (χ2v) is 5.41. The summed E-state index contributed by atoms with van der Waals surface area (Å²) in [7, 11) is 0. The van der Waals surface area contributed by atoms with Crippen LogP contribution in [0.3, 0.4) is 0 Å². The zero-order valence-corrected chi connectivity index (χ0v) is 9.83. The Hall–Kier alpha value is -0.570. The van der Waals surface area contributed by atoms with Crippen LogP contribution < -0.4 is 5.73 Å². The van der Waals surface area contributed by atoms with Crippen molar-refractivity contribution in [3.05, 3.63) is 0 Å². The van der Waals surface area contributed by atoms with Crippen molar-refractivity contribution in [2.24, 2.45) is 17.6 Å². The zero-order valence-electron chi connectivity index (χ0n) is 9.83. The van der Waals surface area contributed by atoms with Gasteiger partial charge in [-0.1, -0.05) is 39.0 Å². The Labute approximate surface area is 92.0 Å². The van der Waals surface area contributed by atoms with Gasteiger partial charge in [0.05, 0.1) is 0 Å². The molecule has 3 nitrogen and oxygen atoms in total. The molecule has 3 heteroatoms. The normalized spacial score (nSPS) is 22.9. The zero-order chi connectivity index (χ0) is 11.5. The molecule has 0 aliphatic heterocycles. The molecule has 0 heterocycles. The van der Waals surface area contributed by atoms with E-state index in [9.17, 15) is 4.79 Å². The van der Waals surface area contributed by atoms with Crippen LogP contribution >= 0.6 is 0 Å². The summed E-state index contributed by atoms with van der Waals surface area (Å²) in [5.74, 6) is 0.427. The molecule has 0 bridgehead atoms. The SMILES string of the molecule is C[C@@H](CCC1CCC1)C[C@@](C)(N)C(=O)O. The summed E-state index contributed by atoms with van der Waals surface area (Å²) >= 11 is 0. The van der Waals surface area contributed by atoms with Crippen molar-refractivity contribution in [1.29, 1.82) is 0 Å². The highest BCUT2D eigenvalue weighted by Gasteiger charge is 2.30. The van der Waals surface area contributed by atoms with Crippen LogP contribution in [-0.2, 0) is 4.79 Å². The first-order valence-electron chi connectivity index (χ1n) is 5.94. The minimum atomic E-state index is -1.06. The summed E-state index contributed by atoms with van der Waals surface area (Å²) in [5, 5.41) is 8.90. The van der Waals surface area contributed by atoms with Gasteiger partial charge in [-0.15, -0.1) is 0 Å². The molecule has 0 radical (unpaired) electrons. The Balaban J connectivity index is 2.21. The number of hydrogen-bond acceptors (Lipinski definition) is 2. The molecule has 1 rings (SSSR count). The summed E-state index contributed by atoms with van der Waals surface area (Å²) in [6, 6.07) is 0. The van der Waals surface area contributed by atoms with Gasteiger partial charge >= 0.3 is 5.97 Å². The van der Waals surface area contributed by atoms with E-state index in [2.05, 4.69) is 6.92 Å². The fourth-order valence-corrected chi connectivity index (χ4v) is 2.21. The van der Waals surface area contributed by atoms with E-state index in [0.29, 0.717) is 12.3 Å². The lowest BCUT2D eigenvalue weighted by Gasteiger charge is -2.28. The number of rotatable bonds is 6. The molecule has 0 aromatic heterocycles. The van der Waals surface area contributed by atoms with E-state index in [4.69, 9.17) is 10.8 Å². The van der Waals surface area contributed by atoms with Crippen LogP contribution in [0.15, 0.2) is 0 Å². The van der Waals surface area contributed by atoms with E-state index in [0.717, 1.165) is 12.3 Å². The average molecular weight is 213 g/mol. The van der Waals surface area contributed by atoms with Gasteiger partial charge in [-0.25, -0.2) is 0 Å². The molecule has 1 aliphatic carbocycles. The summed E-state index contributed by atoms with van der Waals surface area (Å²) in [6.07, 6.45) is 7.05. The Bertz CT molecular complexity index is 222. The van der Waals surface area contributed by atoms with E-state index in [-0.39, 0.29) is 0 Å². The highest BCUT2D eigenvalue weighted by atomic mass is 16.4. The van der Waals surface area contributed by atoms with Crippen LogP contribution in [0.25, 0.3) is 0 Å². The first-order chi connectivity index (χ1) is 6.92. The van der Waals surface area contributed by atoms with Gasteiger partial charge in [0.15, 0.2) is 0 Å². The van der Waals surface area contributed by atoms with E-state index in [1.165, 1.54) is 25.7 Å². The molecule has 1 aliphatic rings. The molecule has 0 aromatic rings. The number of carbonyl (C=O) groups is 1. The largest absolute Gasteiger partial charge is 0.480 e. The Morgan fingerprint density at radius 2 is 2.20 bits per heavy atom. The van der Waals surface area contributed by atoms with Crippen LogP contribution in [-0.4, -0.2) is 16.6 Å². The molecule has 0 saturated heterocycles. The molecule has 1 saturated carbocycles. The maximum atomic E-state index is 10.8. The van der Waals surface area contributed by atoms with Crippen LogP contribution in [0.1, 0.15) is 52.4 Å². The molecule has 1 fully saturated rings. The number of aliphatic carboxylic acids is 1. The predicted molar refractivity (Wildman–Crippen MR) is 60.6 cm³/mol. The topological polar surface area (TPSA) is 63.3 Å². The quantitative estimate of drug-likeness (QED) is 0.712. The first-order valence-corrected chi connectivity index (χ1v) is 5.94. The van der Waals surface area contributed by atoms with Gasteiger partial charge in [-0.05, 0) is 25.2 Å². The molecule has 3 N–H and O–H groups in total. The molecule has 15 heavy (non-hydrogen) atoms. The monoisotopic (exact) mass is 213 g/mol. The van der Waals surface area contributed by atoms with Gasteiger partial charge in [-0.2, -0.15) is 0 Å². The molecule has 0 unspecified atom stereocenters. The van der Waals surface area contributed by atoms with Crippen molar-refractivity contribution < 1.29 is 9.90 Å². The van der Waals surface area contributed by atoms with Crippen molar-refractivity contribution in [2.45, 2.75) is 57.9 Å². The minimum Gasteiger partial charge on any atom is -0.480 e. The van der Waals surface area contributed by atoms with Crippen LogP contribution in [0.2, 0.25) is 0 Å². The smallest absolute Gasteiger partial charge is 0.323 e. The van der Waals surface area contributed by atoms with Crippen molar-refractivity contribution in [3.8, 4) is 0 Å². The maximum absolute atomic E-state index is 10.8. The van der Waals surface area contributed by atoms with Gasteiger partial charge in [0, 0.05) is 0 Å². The van der Waals surface area contributed by atoms with Crippen molar-refractivity contribution in [3.63, 3.8) is 0 Å². The lowest BCUT2D eigenvalue weighted by atomic mass is 9.79. The van der Waals surface area contributed by atoms with Gasteiger partial charge in [0.2, 0.25) is 0 Å². The Morgan fingerprint density at radius 1 is 1.60 bits per heavy atom. The third-order valence-electron chi connectivity index (χ3n) is 3.55. The van der Waals surface area contributed by atoms with Crippen molar-refractivity contribution in [2.75, 3.05) is 0 Å². The predicted octanol–water partition coefficient (Wildman–Crippen LogP) is 2.39. The lowest BCUT2D eigenvalue weighted by molar-refractivity contribution is -0.143. The van der Waals surface area contributed by atoms with Crippen molar-refractivity contribution >= 4 is 5.97 Å². The number of carboxylic acid groups (broad SMARTS) is 1. The van der Waals surface area contributed by atoms with Crippen LogP contribution in [0.4, 0.5) is 0 Å². The fourth-order valence-electron chi connectivity index (χ4n) is 2.21. The number of carboxylic acids is 1. The Morgan fingerprint density at radius 3 is 2.60 bits per heavy atom. The molecular weight excluding hydrogens is 190 g/mol. The second-order valence-electron chi connectivity index (χ2n) is 5.41. The molecule has 2 atom stereocenters. The summed E-state index contributed by atoms with van der Waals surface area (Å²) < 4.78 is 0. The third-order valence-corrected chi connectivity index (χ3v) is 3.55. The highest BCUT2D eigenvalue weighted by molar-refractivity contribution is 5.77. The standard InChI is InChI=1S/C12H23NO2/c1-9(6-7-10-4-3-5-10)8-12(2,13)11(14)15/h9-10H,3-8,13H2,1-2H3,(H,14,15)/t9-,12+/m0/s1. The first kappa shape index (κ1) is 12.5. The molecule has 0 spiro atoms. The summed E-state index contributed by atoms with van der Waals surface area (Å²) in [6.45, 7) is 3.71. The number of nitrogens with two attached hydrogens (primary N) is 1. The summed E-state index contributed by atoms with van der Waals surface area (Å²) in [4.78, 5) is 10.8. The second kappa shape index (κ2) is 4.97. The van der Waals surface area contributed by atoms with Gasteiger partial charge in [0.1, 0.15) is 5.54 Å². The lowest BCUT2D eigenvalue weighted by Crippen LogP contribution is -2.46. The van der Waals surface area contributed by atoms with Gasteiger partial charge in [0.25, 0.3) is 0 Å². The molecule has 88 valence electrons. The number of hydrogen-bond donors (Lipinski definition) is 2. The third kappa shape index (κ3) is 3.82. The Kier molecular flexibility index (Phi) is 4.14. The van der Waals surface area contributed by atoms with E-state index >= 15 is 0 Å². The highest BCUT2D eigenvalue weighted by Crippen LogP contribution is 2.32. The van der Waals surface area contributed by atoms with Crippen LogP contribution in [0.5, 0.6) is 0 Å². The van der Waals surface area contributed by atoms with Crippen molar-refractivity contribution in [1.82, 2.24) is 0 Å². The van der Waals surface area contributed by atoms with Crippen LogP contribution in [0, 0.1) is 11.8 Å². The molecular formula is C12H23NO2. The molecule has 0 amide bonds.